The molecule has 0 unspecified atom stereocenters. The number of benzene rings is 2. The lowest BCUT2D eigenvalue weighted by atomic mass is 9.94. The summed E-state index contributed by atoms with van der Waals surface area (Å²) in [7, 11) is 0. The van der Waals surface area contributed by atoms with Crippen molar-refractivity contribution in [2.45, 2.75) is 35.8 Å². The van der Waals surface area contributed by atoms with Gasteiger partial charge in [0.1, 0.15) is 12.7 Å². The average Bonchev–Trinajstić information content (AvgIpc) is 2.97. The Hall–Kier alpha value is -3.40. The van der Waals surface area contributed by atoms with Gasteiger partial charge in [0.25, 0.3) is 5.91 Å². The van der Waals surface area contributed by atoms with Crippen LogP contribution < -0.4 is 10.4 Å². The Kier molecular flexibility index (Phi) is 5.35. The number of rotatable bonds is 2. The molecule has 10 heteroatoms. The first-order valence-electron chi connectivity index (χ1n) is 10.6. The van der Waals surface area contributed by atoms with Gasteiger partial charge in [0, 0.05) is 22.9 Å². The highest BCUT2D eigenvalue weighted by Gasteiger charge is 2.47. The summed E-state index contributed by atoms with van der Waals surface area (Å²) >= 11 is 1.62. The maximum Gasteiger partial charge on any atom is 0.408 e. The zero-order valence-electron chi connectivity index (χ0n) is 18.0. The molecule has 0 saturated heterocycles. The van der Waals surface area contributed by atoms with Gasteiger partial charge in [-0.15, -0.1) is 11.8 Å². The molecule has 3 heterocycles. The maximum absolute atomic E-state index is 13.7. The second-order valence-electron chi connectivity index (χ2n) is 8.22. The van der Waals surface area contributed by atoms with Crippen molar-refractivity contribution < 1.29 is 23.1 Å². The number of hydrogen-bond donors (Lipinski definition) is 1. The summed E-state index contributed by atoms with van der Waals surface area (Å²) in [6, 6.07) is 13.7. The van der Waals surface area contributed by atoms with Crippen molar-refractivity contribution in [3.8, 4) is 5.75 Å². The van der Waals surface area contributed by atoms with Gasteiger partial charge in [-0.1, -0.05) is 42.5 Å². The first kappa shape index (κ1) is 22.4. The number of halogens is 3. The lowest BCUT2D eigenvalue weighted by molar-refractivity contribution is -0.173. The molecule has 1 amide bonds. The minimum Gasteiger partial charge on any atom is -0.502 e. The number of carbonyl (C=O) groups excluding carboxylic acids is 1. The van der Waals surface area contributed by atoms with E-state index in [1.54, 1.807) is 16.8 Å². The smallest absolute Gasteiger partial charge is 0.408 e. The SMILES string of the molecule is C[C@@H](N1CN([C@@H]2c3ccccc3CSc3ccccc32)n2ccc(=O)c(O)c2C1=O)C(F)(F)F. The minimum atomic E-state index is -4.69. The van der Waals surface area contributed by atoms with E-state index in [-0.39, 0.29) is 0 Å². The molecule has 2 aromatic carbocycles. The zero-order chi connectivity index (χ0) is 24.2. The fourth-order valence-electron chi connectivity index (χ4n) is 4.45. The van der Waals surface area contributed by atoms with Crippen molar-refractivity contribution in [1.82, 2.24) is 9.58 Å². The Morgan fingerprint density at radius 3 is 2.44 bits per heavy atom. The average molecular weight is 488 g/mol. The van der Waals surface area contributed by atoms with Crippen LogP contribution in [0.15, 0.2) is 70.5 Å². The summed E-state index contributed by atoms with van der Waals surface area (Å²) in [6.45, 7) is 0.501. The lowest BCUT2D eigenvalue weighted by Crippen LogP contribution is -2.60. The van der Waals surface area contributed by atoms with E-state index >= 15 is 0 Å². The summed E-state index contributed by atoms with van der Waals surface area (Å²) in [4.78, 5) is 26.9. The molecule has 3 aromatic rings. The monoisotopic (exact) mass is 487 g/mol. The van der Waals surface area contributed by atoms with E-state index in [0.717, 1.165) is 34.6 Å². The van der Waals surface area contributed by atoms with Crippen LogP contribution in [0.5, 0.6) is 5.75 Å². The number of alkyl halides is 3. The minimum absolute atomic E-state index is 0.396. The fraction of sp³-hybridized carbons (Fsp3) is 0.250. The van der Waals surface area contributed by atoms with E-state index in [1.165, 1.54) is 10.9 Å². The third-order valence-electron chi connectivity index (χ3n) is 6.28. The molecule has 2 atom stereocenters. The normalized spacial score (nSPS) is 18.6. The quantitative estimate of drug-likeness (QED) is 0.586. The number of fused-ring (bicyclic) bond motifs is 3. The Labute approximate surface area is 197 Å². The van der Waals surface area contributed by atoms with Crippen molar-refractivity contribution in [2.24, 2.45) is 0 Å². The van der Waals surface area contributed by atoms with Crippen molar-refractivity contribution in [2.75, 3.05) is 11.7 Å². The molecule has 0 bridgehead atoms. The highest BCUT2D eigenvalue weighted by molar-refractivity contribution is 7.98. The van der Waals surface area contributed by atoms with Crippen LogP contribution in [-0.4, -0.2) is 39.5 Å². The summed E-state index contributed by atoms with van der Waals surface area (Å²) in [5.74, 6) is -1.26. The van der Waals surface area contributed by atoms with Gasteiger partial charge in [0.2, 0.25) is 5.43 Å². The van der Waals surface area contributed by atoms with Crippen LogP contribution in [-0.2, 0) is 5.75 Å². The van der Waals surface area contributed by atoms with Gasteiger partial charge >= 0.3 is 6.18 Å². The number of aromatic hydroxyl groups is 1. The van der Waals surface area contributed by atoms with E-state index in [4.69, 9.17) is 0 Å². The molecule has 176 valence electrons. The van der Waals surface area contributed by atoms with Gasteiger partial charge in [0.05, 0.1) is 6.04 Å². The number of carbonyl (C=O) groups is 1. The third-order valence-corrected chi connectivity index (χ3v) is 7.42. The largest absolute Gasteiger partial charge is 0.502 e. The second-order valence-corrected chi connectivity index (χ2v) is 9.24. The molecule has 0 saturated carbocycles. The molecule has 2 aliphatic heterocycles. The number of amides is 1. The molecule has 0 fully saturated rings. The van der Waals surface area contributed by atoms with Gasteiger partial charge < -0.3 is 10.0 Å². The highest BCUT2D eigenvalue weighted by Crippen LogP contribution is 2.43. The summed E-state index contributed by atoms with van der Waals surface area (Å²) in [5, 5.41) is 12.1. The molecule has 2 aliphatic rings. The second kappa shape index (κ2) is 8.12. The highest BCUT2D eigenvalue weighted by atomic mass is 32.2. The first-order valence-corrected chi connectivity index (χ1v) is 11.6. The van der Waals surface area contributed by atoms with E-state index in [1.807, 2.05) is 48.5 Å². The van der Waals surface area contributed by atoms with Crippen LogP contribution >= 0.6 is 11.8 Å². The number of nitrogens with zero attached hydrogens (tertiary/aromatic N) is 3. The van der Waals surface area contributed by atoms with Crippen LogP contribution in [0.4, 0.5) is 13.2 Å². The van der Waals surface area contributed by atoms with Gasteiger partial charge in [-0.05, 0) is 29.7 Å². The third kappa shape index (κ3) is 3.53. The van der Waals surface area contributed by atoms with Gasteiger partial charge in [-0.25, -0.2) is 0 Å². The Morgan fingerprint density at radius 2 is 1.71 bits per heavy atom. The van der Waals surface area contributed by atoms with Crippen molar-refractivity contribution in [3.63, 3.8) is 0 Å². The number of thioether (sulfide) groups is 1. The van der Waals surface area contributed by atoms with E-state index in [9.17, 15) is 27.9 Å². The Bertz CT molecular complexity index is 1290. The first-order chi connectivity index (χ1) is 16.2. The summed E-state index contributed by atoms with van der Waals surface area (Å²) < 4.78 is 42.5. The van der Waals surface area contributed by atoms with Gasteiger partial charge in [-0.3, -0.25) is 19.3 Å². The molecule has 0 spiro atoms. The molecule has 1 N–H and O–H groups in total. The molecule has 6 nitrogen and oxygen atoms in total. The van der Waals surface area contributed by atoms with Crippen molar-refractivity contribution in [1.29, 1.82) is 0 Å². The predicted molar refractivity (Wildman–Crippen MR) is 121 cm³/mol. The molecular formula is C24H20F3N3O3S. The lowest BCUT2D eigenvalue weighted by Gasteiger charge is -2.46. The molecule has 0 aliphatic carbocycles. The standard InChI is InChI=1S/C24H20F3N3O3S/c1-14(24(25,26)27)28-13-30(29-11-10-18(31)22(32)21(29)23(28)33)20-16-7-3-2-6-15(16)12-34-19-9-5-4-8-17(19)20/h2-11,14,20,32H,12-13H2,1H3/t14-,20-/m1/s1. The Balaban J connectivity index is 1.77. The van der Waals surface area contributed by atoms with E-state index < -0.39 is 47.7 Å². The van der Waals surface area contributed by atoms with Crippen molar-refractivity contribution in [3.05, 3.63) is 93.4 Å². The summed E-state index contributed by atoms with van der Waals surface area (Å²) in [5.41, 5.74) is 1.42. The molecule has 0 radical (unpaired) electrons. The predicted octanol–water partition coefficient (Wildman–Crippen LogP) is 4.25. The van der Waals surface area contributed by atoms with Gasteiger partial charge in [0.15, 0.2) is 11.4 Å². The van der Waals surface area contributed by atoms with Crippen LogP contribution in [0.1, 0.15) is 40.1 Å². The fourth-order valence-corrected chi connectivity index (χ4v) is 5.55. The number of aromatic nitrogens is 1. The van der Waals surface area contributed by atoms with Crippen LogP contribution in [0, 0.1) is 0 Å². The molecule has 1 aromatic heterocycles. The van der Waals surface area contributed by atoms with E-state index in [2.05, 4.69) is 0 Å². The van der Waals surface area contributed by atoms with Crippen LogP contribution in [0.25, 0.3) is 0 Å². The number of pyridine rings is 1. The van der Waals surface area contributed by atoms with Crippen LogP contribution in [0.3, 0.4) is 0 Å². The maximum atomic E-state index is 13.7. The van der Waals surface area contributed by atoms with Gasteiger partial charge in [-0.2, -0.15) is 13.2 Å². The topological polar surface area (TPSA) is 65.8 Å². The molecule has 34 heavy (non-hydrogen) atoms. The number of hydrogen-bond acceptors (Lipinski definition) is 5. The zero-order valence-corrected chi connectivity index (χ0v) is 18.8. The van der Waals surface area contributed by atoms with E-state index in [0.29, 0.717) is 10.7 Å². The van der Waals surface area contributed by atoms with Crippen LogP contribution in [0.2, 0.25) is 0 Å². The molecule has 5 rings (SSSR count). The Morgan fingerprint density at radius 1 is 1.03 bits per heavy atom. The molecular weight excluding hydrogens is 467 g/mol. The summed E-state index contributed by atoms with van der Waals surface area (Å²) in [6.07, 6.45) is -3.36. The van der Waals surface area contributed by atoms with Crippen molar-refractivity contribution >= 4 is 17.7 Å².